The summed E-state index contributed by atoms with van der Waals surface area (Å²) in [4.78, 5) is 93.6. The molecule has 0 bridgehead atoms. The molecule has 20 nitrogen and oxygen atoms in total. The van der Waals surface area contributed by atoms with Crippen molar-refractivity contribution in [3.05, 3.63) is 0 Å². The highest BCUT2D eigenvalue weighted by Crippen LogP contribution is 2.35. The van der Waals surface area contributed by atoms with Crippen molar-refractivity contribution in [2.75, 3.05) is 72.2 Å². The minimum Gasteiger partial charge on any atom is -0.396 e. The Morgan fingerprint density at radius 3 is 0.820 bits per heavy atom. The van der Waals surface area contributed by atoms with Crippen LogP contribution in [0, 0.1) is 11.8 Å². The average molecular weight is 1270 g/mol. The fourth-order valence-electron chi connectivity index (χ4n) is 11.9. The Labute approximate surface area is 534 Å². The molecule has 8 heterocycles. The average Bonchev–Trinajstić information content (AvgIpc) is 1.84. The smallest absolute Gasteiger partial charge is 0.228 e. The summed E-state index contributed by atoms with van der Waals surface area (Å²) in [6, 6.07) is 0. The molecule has 8 fully saturated rings. The molecular formula is C67H123F2N7O13. The van der Waals surface area contributed by atoms with Crippen LogP contribution in [0.2, 0.25) is 0 Å². The van der Waals surface area contributed by atoms with Crippen LogP contribution in [0.5, 0.6) is 0 Å². The van der Waals surface area contributed by atoms with Crippen LogP contribution < -0.4 is 0 Å². The zero-order chi connectivity index (χ0) is 68.6. The third-order valence-electron chi connectivity index (χ3n) is 17.0. The fraction of sp³-hybridized carbons (Fsp3) is 0.896. The minimum atomic E-state index is -0.920. The van der Waals surface area contributed by atoms with Gasteiger partial charge in [-0.3, -0.25) is 33.6 Å². The van der Waals surface area contributed by atoms with Gasteiger partial charge in [-0.25, -0.2) is 8.78 Å². The molecular weight excluding hydrogens is 1150 g/mol. The Bertz CT molecular complexity index is 2060. The number of piperidine rings is 7. The van der Waals surface area contributed by atoms with Gasteiger partial charge in [0.05, 0.1) is 57.5 Å². The molecule has 8 saturated heterocycles. The zero-order valence-electron chi connectivity index (χ0n) is 59.0. The lowest BCUT2D eigenvalue weighted by atomic mass is 9.93. The molecule has 22 heteroatoms. The van der Waals surface area contributed by atoms with Crippen LogP contribution in [-0.2, 0) is 43.0 Å². The van der Waals surface area contributed by atoms with E-state index in [9.17, 15) is 52.6 Å². The Morgan fingerprint density at radius 2 is 0.596 bits per heavy atom. The number of nitrogens with zero attached hydrogens (tertiary/aromatic N) is 7. The van der Waals surface area contributed by atoms with E-state index in [4.69, 9.17) is 19.7 Å². The predicted molar refractivity (Wildman–Crippen MR) is 342 cm³/mol. The number of rotatable bonds is 2. The van der Waals surface area contributed by atoms with Gasteiger partial charge in [0, 0.05) is 117 Å². The molecule has 0 saturated carbocycles. The minimum absolute atomic E-state index is 0.0544. The van der Waals surface area contributed by atoms with Crippen LogP contribution in [0.1, 0.15) is 235 Å². The molecule has 0 radical (unpaired) electrons. The summed E-state index contributed by atoms with van der Waals surface area (Å²) in [5.74, 6) is 0.298. The number of carbonyl (C=O) groups excluding carboxylic acids is 7. The van der Waals surface area contributed by atoms with Crippen molar-refractivity contribution >= 4 is 41.4 Å². The van der Waals surface area contributed by atoms with Crippen molar-refractivity contribution in [1.82, 2.24) is 34.3 Å². The molecule has 8 aliphatic heterocycles. The van der Waals surface area contributed by atoms with Gasteiger partial charge in [0.25, 0.3) is 0 Å². The van der Waals surface area contributed by atoms with Crippen molar-refractivity contribution < 1.29 is 72.2 Å². The third-order valence-corrected chi connectivity index (χ3v) is 17.0. The molecule has 0 aromatic rings. The van der Waals surface area contributed by atoms with Gasteiger partial charge in [-0.1, -0.05) is 0 Å². The summed E-state index contributed by atoms with van der Waals surface area (Å²) >= 11 is 0. The predicted octanol–water partition coefficient (Wildman–Crippen LogP) is 8.21. The number of likely N-dealkylation sites (tertiary alicyclic amines) is 7. The van der Waals surface area contributed by atoms with Crippen molar-refractivity contribution in [3.63, 3.8) is 0 Å². The van der Waals surface area contributed by atoms with Gasteiger partial charge in [0.15, 0.2) is 5.79 Å². The molecule has 89 heavy (non-hydrogen) atoms. The molecule has 7 amide bonds. The first-order chi connectivity index (χ1) is 40.5. The first-order valence-corrected chi connectivity index (χ1v) is 32.7. The molecule has 0 unspecified atom stereocenters. The lowest BCUT2D eigenvalue weighted by Crippen LogP contribution is -2.55. The molecule has 0 aliphatic carbocycles. The number of hydrogen-bond acceptors (Lipinski definition) is 13. The van der Waals surface area contributed by atoms with Gasteiger partial charge >= 0.3 is 0 Å². The Balaban J connectivity index is 0.000000355. The highest BCUT2D eigenvalue weighted by Gasteiger charge is 2.46. The van der Waals surface area contributed by atoms with E-state index in [2.05, 4.69) is 20.8 Å². The maximum Gasteiger partial charge on any atom is 0.228 e. The second-order valence-electron chi connectivity index (χ2n) is 32.1. The lowest BCUT2D eigenvalue weighted by molar-refractivity contribution is -0.197. The van der Waals surface area contributed by atoms with E-state index in [0.29, 0.717) is 84.3 Å². The summed E-state index contributed by atoms with van der Waals surface area (Å²) in [5, 5.41) is 36.3. The monoisotopic (exact) mass is 1270 g/mol. The van der Waals surface area contributed by atoms with Crippen LogP contribution in [0.15, 0.2) is 0 Å². The zero-order valence-corrected chi connectivity index (χ0v) is 59.0. The SMILES string of the molecule is CC(C)(C)N1CCC2(CC1=O)OCCO2.CC(C)(C)N1CC[C@@H](CO)CC1=O.CC(C)(C)N1CC[C@@H](F)CC1=O.CC(C)(C)N1CC[C@@H](O)CC1=O.CC(C)(C)N1CC[C@H](CO)CC1=O.CC(C)(C)N1CC[C@H](F)CC1=O.CC(C)(C)N1CC[C@H](O)CC1=O. The number of amides is 7. The summed E-state index contributed by atoms with van der Waals surface area (Å²) in [6.45, 7) is 48.7. The van der Waals surface area contributed by atoms with E-state index in [0.717, 1.165) is 38.9 Å². The topological polar surface area (TPSA) is 242 Å². The molecule has 0 aromatic carbocycles. The van der Waals surface area contributed by atoms with Gasteiger partial charge in [-0.05, 0) is 196 Å². The van der Waals surface area contributed by atoms with Crippen LogP contribution in [-0.4, -0.2) is 237 Å². The number of alkyl halides is 2. The quantitative estimate of drug-likeness (QED) is 0.204. The van der Waals surface area contributed by atoms with Gasteiger partial charge in [-0.2, -0.15) is 0 Å². The summed E-state index contributed by atoms with van der Waals surface area (Å²) in [5.41, 5.74) is -0.755. The first-order valence-electron chi connectivity index (χ1n) is 32.7. The molecule has 518 valence electrons. The Hall–Kier alpha value is -4.09. The number of aliphatic hydroxyl groups excluding tert-OH is 4. The number of halogens is 2. The normalized spacial score (nSPS) is 25.9. The third kappa shape index (κ3) is 27.2. The van der Waals surface area contributed by atoms with Crippen molar-refractivity contribution in [2.24, 2.45) is 11.8 Å². The maximum atomic E-state index is 12.7. The standard InChI is InChI=1S/C11H19NO3.2C10H19NO2.2C9H16FNO.2C9H17NO2/c1-10(2,3)12-5-4-11(8-9(12)13)14-6-7-15-11;2*1-10(2,3)11-5-4-8(7-12)6-9(11)13;2*1-9(2,3)11-5-4-7(10)6-8(11)12;2*1-9(2,3)10-5-4-7(11)6-8(10)12/h4-8H2,1-3H3;2*8,12H,4-7H2,1-3H3;2*7H,4-6H2,1-3H3;2*7,11H,4-6H2,1-3H3/t;2*8-;4*7-/m.101010/s1. The van der Waals surface area contributed by atoms with Gasteiger partial charge in [0.2, 0.25) is 41.4 Å². The van der Waals surface area contributed by atoms with E-state index < -0.39 is 30.3 Å². The summed E-state index contributed by atoms with van der Waals surface area (Å²) in [7, 11) is 0. The van der Waals surface area contributed by atoms with Gasteiger partial charge in [-0.15, -0.1) is 0 Å². The van der Waals surface area contributed by atoms with E-state index in [-0.39, 0.29) is 131 Å². The fourth-order valence-corrected chi connectivity index (χ4v) is 11.9. The number of carbonyl (C=O) groups is 7. The van der Waals surface area contributed by atoms with Gasteiger partial charge < -0.3 is 64.2 Å². The second-order valence-corrected chi connectivity index (χ2v) is 32.1. The Morgan fingerprint density at radius 1 is 0.360 bits per heavy atom. The molecule has 1 spiro atoms. The molecule has 6 atom stereocenters. The summed E-state index contributed by atoms with van der Waals surface area (Å²) < 4.78 is 36.6. The number of ether oxygens (including phenoxy) is 2. The molecule has 4 N–H and O–H groups in total. The Kier molecular flexibility index (Phi) is 30.6. The number of aliphatic hydroxyl groups is 4. The number of hydrogen-bond donors (Lipinski definition) is 4. The van der Waals surface area contributed by atoms with Gasteiger partial charge in [0.1, 0.15) is 12.3 Å². The van der Waals surface area contributed by atoms with Crippen LogP contribution in [0.25, 0.3) is 0 Å². The lowest BCUT2D eigenvalue weighted by Gasteiger charge is -2.43. The largest absolute Gasteiger partial charge is 0.396 e. The summed E-state index contributed by atoms with van der Waals surface area (Å²) in [6.07, 6.45) is 4.46. The maximum absolute atomic E-state index is 12.7. The second kappa shape index (κ2) is 33.7. The van der Waals surface area contributed by atoms with E-state index >= 15 is 0 Å². The molecule has 8 aliphatic rings. The highest BCUT2D eigenvalue weighted by atomic mass is 19.1. The highest BCUT2D eigenvalue weighted by molar-refractivity contribution is 5.81. The van der Waals surface area contributed by atoms with E-state index in [1.54, 1.807) is 9.80 Å². The van der Waals surface area contributed by atoms with E-state index in [1.165, 1.54) is 0 Å². The molecule has 0 aromatic heterocycles. The molecule has 8 rings (SSSR count). The van der Waals surface area contributed by atoms with E-state index in [1.807, 2.05) is 149 Å². The van der Waals surface area contributed by atoms with Crippen LogP contribution in [0.4, 0.5) is 8.78 Å². The van der Waals surface area contributed by atoms with Crippen molar-refractivity contribution in [3.8, 4) is 0 Å². The van der Waals surface area contributed by atoms with Crippen molar-refractivity contribution in [2.45, 2.75) is 304 Å². The van der Waals surface area contributed by atoms with Crippen molar-refractivity contribution in [1.29, 1.82) is 0 Å². The van der Waals surface area contributed by atoms with Crippen LogP contribution >= 0.6 is 0 Å². The first kappa shape index (κ1) is 81.0. The van der Waals surface area contributed by atoms with Crippen LogP contribution in [0.3, 0.4) is 0 Å².